The second-order valence-corrected chi connectivity index (χ2v) is 7.26. The van der Waals surface area contributed by atoms with Crippen LogP contribution in [-0.4, -0.2) is 49.5 Å². The van der Waals surface area contributed by atoms with Gasteiger partial charge >= 0.3 is 5.97 Å². The van der Waals surface area contributed by atoms with E-state index in [2.05, 4.69) is 0 Å². The third-order valence-electron chi connectivity index (χ3n) is 3.56. The summed E-state index contributed by atoms with van der Waals surface area (Å²) >= 11 is 0. The zero-order chi connectivity index (χ0) is 15.8. The summed E-state index contributed by atoms with van der Waals surface area (Å²) in [4.78, 5) is 12.3. The Balaban J connectivity index is 2.32. The van der Waals surface area contributed by atoms with Gasteiger partial charge in [-0.2, -0.15) is 0 Å². The topological polar surface area (TPSA) is 94.9 Å². The van der Waals surface area contributed by atoms with Crippen molar-refractivity contribution in [2.75, 3.05) is 24.2 Å². The maximum absolute atomic E-state index is 14.1. The molecule has 0 amide bonds. The van der Waals surface area contributed by atoms with Crippen LogP contribution in [0.3, 0.4) is 0 Å². The van der Waals surface area contributed by atoms with Crippen molar-refractivity contribution in [1.82, 2.24) is 0 Å². The summed E-state index contributed by atoms with van der Waals surface area (Å²) in [7, 11) is -3.51. The molecule has 0 bridgehead atoms. The normalized spacial score (nSPS) is 23.1. The average molecular weight is 317 g/mol. The lowest BCUT2D eigenvalue weighted by Gasteiger charge is -2.37. The molecule has 1 heterocycles. The minimum atomic E-state index is -3.51. The largest absolute Gasteiger partial charge is 0.479 e. The Morgan fingerprint density at radius 1 is 1.43 bits per heavy atom. The van der Waals surface area contributed by atoms with E-state index >= 15 is 0 Å². The molecule has 21 heavy (non-hydrogen) atoms. The molecule has 2 rings (SSSR count). The monoisotopic (exact) mass is 317 g/mol. The maximum Gasteiger partial charge on any atom is 0.337 e. The van der Waals surface area contributed by atoms with Gasteiger partial charge in [0.05, 0.1) is 17.1 Å². The highest BCUT2D eigenvalue weighted by molar-refractivity contribution is 7.90. The van der Waals surface area contributed by atoms with Crippen LogP contribution in [0, 0.1) is 5.82 Å². The molecular weight excluding hydrogens is 301 g/mol. The minimum absolute atomic E-state index is 0.0850. The second kappa shape index (κ2) is 5.27. The molecule has 0 radical (unpaired) electrons. The van der Waals surface area contributed by atoms with E-state index in [1.807, 2.05) is 0 Å². The van der Waals surface area contributed by atoms with E-state index in [0.717, 1.165) is 12.3 Å². The number of nitrogens with zero attached hydrogens (tertiary/aromatic N) is 1. The van der Waals surface area contributed by atoms with Crippen molar-refractivity contribution in [3.63, 3.8) is 0 Å². The fraction of sp³-hybridized carbons (Fsp3) is 0.462. The van der Waals surface area contributed by atoms with Crippen LogP contribution >= 0.6 is 0 Å². The summed E-state index contributed by atoms with van der Waals surface area (Å²) in [5, 5.41) is 19.0. The summed E-state index contributed by atoms with van der Waals surface area (Å²) in [5.74, 6) is -2.10. The Morgan fingerprint density at radius 3 is 2.62 bits per heavy atom. The number of β-amino-alcohol motifs (C(OH)–C–C–N with tert-alkyl or cyclic N) is 1. The van der Waals surface area contributed by atoms with Gasteiger partial charge in [-0.25, -0.2) is 17.6 Å². The predicted molar refractivity (Wildman–Crippen MR) is 73.5 cm³/mol. The molecule has 0 aliphatic carbocycles. The highest BCUT2D eigenvalue weighted by Gasteiger charge is 2.41. The van der Waals surface area contributed by atoms with E-state index in [-0.39, 0.29) is 23.5 Å². The van der Waals surface area contributed by atoms with Gasteiger partial charge in [-0.1, -0.05) is 0 Å². The number of hydrogen-bond donors (Lipinski definition) is 2. The molecule has 1 atom stereocenters. The molecule has 8 heteroatoms. The molecule has 1 fully saturated rings. The van der Waals surface area contributed by atoms with Crippen molar-refractivity contribution in [3.05, 3.63) is 24.0 Å². The summed E-state index contributed by atoms with van der Waals surface area (Å²) in [6, 6.07) is 3.46. The van der Waals surface area contributed by atoms with E-state index in [9.17, 15) is 22.7 Å². The van der Waals surface area contributed by atoms with E-state index < -0.39 is 27.2 Å². The molecule has 2 N–H and O–H groups in total. The molecule has 0 aromatic heterocycles. The third kappa shape index (κ3) is 3.16. The van der Waals surface area contributed by atoms with Crippen LogP contribution in [0.25, 0.3) is 0 Å². The number of carboxylic acids is 1. The number of sulfone groups is 1. The molecule has 1 aromatic rings. The van der Waals surface area contributed by atoms with E-state index in [1.165, 1.54) is 17.0 Å². The van der Waals surface area contributed by atoms with E-state index in [1.54, 1.807) is 0 Å². The number of benzene rings is 1. The van der Waals surface area contributed by atoms with E-state index in [0.29, 0.717) is 13.0 Å². The van der Waals surface area contributed by atoms with Crippen LogP contribution in [0.5, 0.6) is 0 Å². The first-order valence-corrected chi connectivity index (χ1v) is 8.23. The molecule has 0 saturated carbocycles. The Labute approximate surface area is 121 Å². The minimum Gasteiger partial charge on any atom is -0.479 e. The van der Waals surface area contributed by atoms with Crippen molar-refractivity contribution in [2.45, 2.75) is 23.3 Å². The average Bonchev–Trinajstić information content (AvgIpc) is 2.37. The number of aliphatic hydroxyl groups is 1. The Morgan fingerprint density at radius 2 is 2.10 bits per heavy atom. The highest BCUT2D eigenvalue weighted by Crippen LogP contribution is 2.29. The fourth-order valence-electron chi connectivity index (χ4n) is 2.39. The fourth-order valence-corrected chi connectivity index (χ4v) is 3.02. The number of piperidine rings is 1. The summed E-state index contributed by atoms with van der Waals surface area (Å²) < 4.78 is 36.8. The molecule has 1 aromatic carbocycles. The summed E-state index contributed by atoms with van der Waals surface area (Å²) in [6.45, 7) is 0.155. The molecule has 1 aliphatic heterocycles. The van der Waals surface area contributed by atoms with Crippen LogP contribution < -0.4 is 4.90 Å². The van der Waals surface area contributed by atoms with Gasteiger partial charge in [-0.3, -0.25) is 0 Å². The van der Waals surface area contributed by atoms with Crippen molar-refractivity contribution < 1.29 is 27.8 Å². The lowest BCUT2D eigenvalue weighted by Crippen LogP contribution is -2.53. The Hall–Kier alpha value is -1.67. The number of carboxylic acid groups (broad SMARTS) is 1. The van der Waals surface area contributed by atoms with Crippen LogP contribution in [0.2, 0.25) is 0 Å². The van der Waals surface area contributed by atoms with Crippen LogP contribution in [0.1, 0.15) is 12.8 Å². The van der Waals surface area contributed by atoms with Crippen molar-refractivity contribution >= 4 is 21.5 Å². The molecule has 6 nitrogen and oxygen atoms in total. The predicted octanol–water partition coefficient (Wildman–Crippen LogP) is 0.645. The number of halogens is 1. The van der Waals surface area contributed by atoms with Crippen molar-refractivity contribution in [3.8, 4) is 0 Å². The lowest BCUT2D eigenvalue weighted by atomic mass is 9.92. The van der Waals surface area contributed by atoms with Crippen LogP contribution in [0.15, 0.2) is 23.1 Å². The highest BCUT2D eigenvalue weighted by atomic mass is 32.2. The standard InChI is InChI=1S/C13H16FNO5S/c1-21(19,20)9-3-4-11(10(14)7-9)15-6-2-5-13(18,8-15)12(16)17/h3-4,7,18H,2,5-6,8H2,1H3,(H,16,17). The lowest BCUT2D eigenvalue weighted by molar-refractivity contribution is -0.159. The first-order chi connectivity index (χ1) is 9.63. The van der Waals surface area contributed by atoms with Gasteiger partial charge in [0.2, 0.25) is 0 Å². The Kier molecular flexibility index (Phi) is 3.94. The third-order valence-corrected chi connectivity index (χ3v) is 4.67. The number of carbonyl (C=O) groups is 1. The van der Waals surface area contributed by atoms with Crippen LogP contribution in [0.4, 0.5) is 10.1 Å². The maximum atomic E-state index is 14.1. The number of anilines is 1. The number of aliphatic carboxylic acids is 1. The van der Waals surface area contributed by atoms with Gasteiger partial charge in [0.25, 0.3) is 0 Å². The molecule has 116 valence electrons. The zero-order valence-electron chi connectivity index (χ0n) is 11.4. The first-order valence-electron chi connectivity index (χ1n) is 6.34. The smallest absolute Gasteiger partial charge is 0.337 e. The summed E-state index contributed by atoms with van der Waals surface area (Å²) in [6.07, 6.45) is 1.48. The van der Waals surface area contributed by atoms with Crippen molar-refractivity contribution in [1.29, 1.82) is 0 Å². The van der Waals surface area contributed by atoms with Gasteiger partial charge in [0.15, 0.2) is 15.4 Å². The quantitative estimate of drug-likeness (QED) is 0.850. The molecule has 1 aliphatic rings. The molecule has 0 spiro atoms. The van der Waals surface area contributed by atoms with Crippen LogP contribution in [-0.2, 0) is 14.6 Å². The first kappa shape index (κ1) is 15.7. The Bertz CT molecular complexity index is 675. The number of hydrogen-bond acceptors (Lipinski definition) is 5. The SMILES string of the molecule is CS(=O)(=O)c1ccc(N2CCCC(O)(C(=O)O)C2)c(F)c1. The van der Waals surface area contributed by atoms with Gasteiger partial charge in [-0.05, 0) is 31.0 Å². The van der Waals surface area contributed by atoms with Gasteiger partial charge in [0, 0.05) is 12.8 Å². The van der Waals surface area contributed by atoms with Gasteiger partial charge in [0.1, 0.15) is 5.82 Å². The summed E-state index contributed by atoms with van der Waals surface area (Å²) in [5.41, 5.74) is -1.83. The van der Waals surface area contributed by atoms with E-state index in [4.69, 9.17) is 5.11 Å². The van der Waals surface area contributed by atoms with Gasteiger partial charge < -0.3 is 15.1 Å². The molecular formula is C13H16FNO5S. The molecule has 1 saturated heterocycles. The zero-order valence-corrected chi connectivity index (χ0v) is 12.2. The number of rotatable bonds is 3. The molecule has 1 unspecified atom stereocenters. The second-order valence-electron chi connectivity index (χ2n) is 5.25. The van der Waals surface area contributed by atoms with Crippen molar-refractivity contribution in [2.24, 2.45) is 0 Å². The van der Waals surface area contributed by atoms with Gasteiger partial charge in [-0.15, -0.1) is 0 Å².